The summed E-state index contributed by atoms with van der Waals surface area (Å²) < 4.78 is 24.9. The van der Waals surface area contributed by atoms with Gasteiger partial charge in [-0.3, -0.25) is 4.18 Å². The van der Waals surface area contributed by atoms with Gasteiger partial charge in [0.1, 0.15) is 6.33 Å². The van der Waals surface area contributed by atoms with E-state index in [-0.39, 0.29) is 6.61 Å². The Labute approximate surface area is 69.7 Å². The Morgan fingerprint density at radius 3 is 2.50 bits per heavy atom. The number of nitrogens with two attached hydrogens (primary N) is 1. The molecule has 0 atom stereocenters. The van der Waals surface area contributed by atoms with Crippen LogP contribution in [0, 0.1) is 0 Å². The Morgan fingerprint density at radius 2 is 2.00 bits per heavy atom. The fourth-order valence-electron chi connectivity index (χ4n) is 0.555. The minimum Gasteiger partial charge on any atom is -0.253 e. The van der Waals surface area contributed by atoms with E-state index in [1.165, 1.54) is 18.7 Å². The summed E-state index contributed by atoms with van der Waals surface area (Å²) in [5.41, 5.74) is 0.548. The molecule has 1 aromatic heterocycles. The summed E-state index contributed by atoms with van der Waals surface area (Å²) in [6.45, 7) is -0.139. The lowest BCUT2D eigenvalue weighted by Crippen LogP contribution is -2.15. The van der Waals surface area contributed by atoms with Gasteiger partial charge in [-0.1, -0.05) is 0 Å². The number of hydrogen-bond acceptors (Lipinski definition) is 5. The summed E-state index contributed by atoms with van der Waals surface area (Å²) in [6, 6.07) is 0. The molecule has 0 aliphatic rings. The molecule has 0 amide bonds. The van der Waals surface area contributed by atoms with Crippen LogP contribution in [0.4, 0.5) is 0 Å². The van der Waals surface area contributed by atoms with Gasteiger partial charge >= 0.3 is 10.3 Å². The van der Waals surface area contributed by atoms with Crippen LogP contribution >= 0.6 is 0 Å². The topological polar surface area (TPSA) is 95.2 Å². The first-order valence-electron chi connectivity index (χ1n) is 2.99. The Balaban J connectivity index is 2.56. The van der Waals surface area contributed by atoms with Crippen molar-refractivity contribution in [2.45, 2.75) is 6.61 Å². The predicted molar refractivity (Wildman–Crippen MR) is 39.9 cm³/mol. The fourth-order valence-corrected chi connectivity index (χ4v) is 0.855. The Bertz CT molecular complexity index is 336. The van der Waals surface area contributed by atoms with E-state index in [4.69, 9.17) is 0 Å². The van der Waals surface area contributed by atoms with Gasteiger partial charge in [0.2, 0.25) is 0 Å². The van der Waals surface area contributed by atoms with Crippen molar-refractivity contribution in [1.29, 1.82) is 0 Å². The summed E-state index contributed by atoms with van der Waals surface area (Å²) >= 11 is 0. The molecule has 6 nitrogen and oxygen atoms in total. The molecule has 0 saturated carbocycles. The zero-order valence-electron chi connectivity index (χ0n) is 6.04. The average molecular weight is 189 g/mol. The molecule has 0 fully saturated rings. The largest absolute Gasteiger partial charge is 0.333 e. The molecule has 0 spiro atoms. The van der Waals surface area contributed by atoms with Crippen LogP contribution < -0.4 is 5.14 Å². The second-order valence-corrected chi connectivity index (χ2v) is 3.22. The number of hydrogen-bond donors (Lipinski definition) is 1. The van der Waals surface area contributed by atoms with E-state index in [0.717, 1.165) is 0 Å². The quantitative estimate of drug-likeness (QED) is 0.671. The van der Waals surface area contributed by atoms with Crippen LogP contribution in [0.5, 0.6) is 0 Å². The first-order valence-corrected chi connectivity index (χ1v) is 4.46. The van der Waals surface area contributed by atoms with Gasteiger partial charge in [-0.2, -0.15) is 8.42 Å². The van der Waals surface area contributed by atoms with Crippen molar-refractivity contribution in [3.05, 3.63) is 24.3 Å². The molecule has 0 aliphatic heterocycles. The van der Waals surface area contributed by atoms with Gasteiger partial charge < -0.3 is 0 Å². The number of aromatic nitrogens is 2. The van der Waals surface area contributed by atoms with Crippen molar-refractivity contribution >= 4 is 10.3 Å². The third-order valence-electron chi connectivity index (χ3n) is 1.00. The lowest BCUT2D eigenvalue weighted by molar-refractivity contribution is 0.307. The summed E-state index contributed by atoms with van der Waals surface area (Å²) in [6.07, 6.45) is 4.22. The molecular formula is C5H7N3O3S. The van der Waals surface area contributed by atoms with E-state index in [1.807, 2.05) is 0 Å². The normalized spacial score (nSPS) is 11.4. The highest BCUT2D eigenvalue weighted by atomic mass is 32.2. The minimum atomic E-state index is -3.88. The van der Waals surface area contributed by atoms with E-state index in [1.54, 1.807) is 0 Å². The van der Waals surface area contributed by atoms with E-state index < -0.39 is 10.3 Å². The molecular weight excluding hydrogens is 182 g/mol. The van der Waals surface area contributed by atoms with Crippen LogP contribution in [0.3, 0.4) is 0 Å². The maximum absolute atomic E-state index is 10.3. The van der Waals surface area contributed by atoms with Crippen molar-refractivity contribution in [3.8, 4) is 0 Å². The molecule has 2 N–H and O–H groups in total. The standard InChI is InChI=1S/C5H7N3O3S/c6-12(9,10)11-3-5-1-7-4-8-2-5/h1-2,4H,3H2,(H2,6,9,10). The highest BCUT2D eigenvalue weighted by Crippen LogP contribution is 1.97. The molecule has 1 aromatic rings. The molecule has 1 rings (SSSR count). The highest BCUT2D eigenvalue weighted by Gasteiger charge is 2.02. The number of nitrogens with zero attached hydrogens (tertiary/aromatic N) is 2. The van der Waals surface area contributed by atoms with E-state index >= 15 is 0 Å². The van der Waals surface area contributed by atoms with Crippen LogP contribution in [-0.2, 0) is 21.1 Å². The van der Waals surface area contributed by atoms with Crippen LogP contribution in [0.2, 0.25) is 0 Å². The maximum Gasteiger partial charge on any atom is 0.333 e. The molecule has 0 saturated heterocycles. The van der Waals surface area contributed by atoms with Gasteiger partial charge in [-0.15, -0.1) is 0 Å². The Kier molecular flexibility index (Phi) is 2.69. The van der Waals surface area contributed by atoms with Gasteiger partial charge in [0.05, 0.1) is 6.61 Å². The van der Waals surface area contributed by atoms with Gasteiger partial charge in [0, 0.05) is 18.0 Å². The van der Waals surface area contributed by atoms with Crippen molar-refractivity contribution in [2.75, 3.05) is 0 Å². The Morgan fingerprint density at radius 1 is 1.42 bits per heavy atom. The molecule has 7 heteroatoms. The molecule has 0 bridgehead atoms. The first kappa shape index (κ1) is 9.04. The summed E-state index contributed by atoms with van der Waals surface area (Å²) in [4.78, 5) is 7.32. The molecule has 0 unspecified atom stereocenters. The second-order valence-electron chi connectivity index (χ2n) is 2.00. The van der Waals surface area contributed by atoms with Crippen molar-refractivity contribution < 1.29 is 12.6 Å². The second kappa shape index (κ2) is 3.57. The summed E-state index contributed by atoms with van der Waals surface area (Å²) in [5.74, 6) is 0. The Hall–Kier alpha value is -1.05. The maximum atomic E-state index is 10.3. The van der Waals surface area contributed by atoms with Crippen LogP contribution in [0.15, 0.2) is 18.7 Å². The first-order chi connectivity index (χ1) is 5.58. The zero-order chi connectivity index (χ0) is 9.03. The molecule has 0 aromatic carbocycles. The van der Waals surface area contributed by atoms with Crippen LogP contribution in [-0.4, -0.2) is 18.4 Å². The van der Waals surface area contributed by atoms with Gasteiger partial charge in [0.15, 0.2) is 0 Å². The van der Waals surface area contributed by atoms with Crippen molar-refractivity contribution in [1.82, 2.24) is 9.97 Å². The SMILES string of the molecule is NS(=O)(=O)OCc1cncnc1. The van der Waals surface area contributed by atoms with Gasteiger partial charge in [0.25, 0.3) is 0 Å². The van der Waals surface area contributed by atoms with E-state index in [2.05, 4.69) is 19.3 Å². The van der Waals surface area contributed by atoms with E-state index in [0.29, 0.717) is 5.56 Å². The van der Waals surface area contributed by atoms with Gasteiger partial charge in [-0.05, 0) is 0 Å². The fraction of sp³-hybridized carbons (Fsp3) is 0.200. The van der Waals surface area contributed by atoms with E-state index in [9.17, 15) is 8.42 Å². The predicted octanol–water partition coefficient (Wildman–Crippen LogP) is -0.803. The zero-order valence-corrected chi connectivity index (χ0v) is 6.86. The van der Waals surface area contributed by atoms with Crippen molar-refractivity contribution in [2.24, 2.45) is 5.14 Å². The third kappa shape index (κ3) is 3.37. The minimum absolute atomic E-state index is 0.139. The van der Waals surface area contributed by atoms with Gasteiger partial charge in [-0.25, -0.2) is 15.1 Å². The molecule has 12 heavy (non-hydrogen) atoms. The molecule has 0 radical (unpaired) electrons. The van der Waals surface area contributed by atoms with Crippen molar-refractivity contribution in [3.63, 3.8) is 0 Å². The number of rotatable bonds is 3. The third-order valence-corrected chi connectivity index (χ3v) is 1.45. The molecule has 1 heterocycles. The lowest BCUT2D eigenvalue weighted by atomic mass is 10.4. The monoisotopic (exact) mass is 189 g/mol. The van der Waals surface area contributed by atoms with Crippen LogP contribution in [0.1, 0.15) is 5.56 Å². The summed E-state index contributed by atoms with van der Waals surface area (Å²) in [7, 11) is -3.88. The molecule has 0 aliphatic carbocycles. The van der Waals surface area contributed by atoms with Crippen LogP contribution in [0.25, 0.3) is 0 Å². The lowest BCUT2D eigenvalue weighted by Gasteiger charge is -1.98. The highest BCUT2D eigenvalue weighted by molar-refractivity contribution is 7.84. The summed E-state index contributed by atoms with van der Waals surface area (Å²) in [5, 5.41) is 4.59. The molecule has 66 valence electrons. The average Bonchev–Trinajstić information content (AvgIpc) is 2.02. The smallest absolute Gasteiger partial charge is 0.253 e.